The van der Waals surface area contributed by atoms with E-state index >= 15 is 0 Å². The maximum atomic E-state index is 12.9. The van der Waals surface area contributed by atoms with E-state index in [4.69, 9.17) is 10.5 Å². The van der Waals surface area contributed by atoms with E-state index in [1.807, 2.05) is 0 Å². The van der Waals surface area contributed by atoms with E-state index in [1.54, 1.807) is 32.9 Å². The van der Waals surface area contributed by atoms with Crippen LogP contribution in [0, 0.1) is 5.92 Å². The molecule has 9 heteroatoms. The van der Waals surface area contributed by atoms with Gasteiger partial charge in [-0.3, -0.25) is 4.79 Å². The summed E-state index contributed by atoms with van der Waals surface area (Å²) >= 11 is 0. The number of halogens is 1. The molecule has 0 aliphatic carbocycles. The van der Waals surface area contributed by atoms with Crippen LogP contribution in [0.25, 0.3) is 0 Å². The number of hydrogen-bond acceptors (Lipinski definition) is 5. The molecule has 0 bridgehead atoms. The number of carbonyl (C=O) groups is 1. The molecule has 1 saturated heterocycles. The predicted molar refractivity (Wildman–Crippen MR) is 104 cm³/mol. The number of nitrogens with two attached hydrogens (primary N) is 1. The first-order valence-corrected chi connectivity index (χ1v) is 10.0. The second kappa shape index (κ2) is 9.55. The minimum atomic E-state index is -3.65. The molecule has 26 heavy (non-hydrogen) atoms. The molecule has 1 heterocycles. The number of nitrogens with zero attached hydrogens (tertiary/aromatic N) is 1. The van der Waals surface area contributed by atoms with Crippen LogP contribution < -0.4 is 15.8 Å². The van der Waals surface area contributed by atoms with Crippen molar-refractivity contribution in [3.05, 3.63) is 18.2 Å². The zero-order valence-electron chi connectivity index (χ0n) is 15.4. The van der Waals surface area contributed by atoms with Crippen molar-refractivity contribution in [3.8, 4) is 5.75 Å². The van der Waals surface area contributed by atoms with Crippen LogP contribution >= 0.6 is 12.4 Å². The molecule has 1 amide bonds. The molecule has 1 aliphatic rings. The predicted octanol–water partition coefficient (Wildman–Crippen LogP) is 2.21. The fraction of sp³-hybridized carbons (Fsp3) is 0.588. The summed E-state index contributed by atoms with van der Waals surface area (Å²) in [6, 6.07) is 4.39. The van der Waals surface area contributed by atoms with E-state index in [-0.39, 0.29) is 35.2 Å². The lowest BCUT2D eigenvalue weighted by molar-refractivity contribution is -0.119. The fourth-order valence-electron chi connectivity index (χ4n) is 2.62. The maximum absolute atomic E-state index is 12.9. The summed E-state index contributed by atoms with van der Waals surface area (Å²) in [7, 11) is -3.65. The summed E-state index contributed by atoms with van der Waals surface area (Å²) in [5.74, 6) is -0.332. The number of hydrogen-bond donors (Lipinski definition) is 2. The van der Waals surface area contributed by atoms with E-state index in [1.165, 1.54) is 10.4 Å². The van der Waals surface area contributed by atoms with Crippen LogP contribution in [0.4, 0.5) is 5.69 Å². The number of ether oxygens (including phenoxy) is 1. The zero-order valence-corrected chi connectivity index (χ0v) is 17.0. The second-order valence-corrected chi connectivity index (χ2v) is 8.25. The summed E-state index contributed by atoms with van der Waals surface area (Å²) < 4.78 is 32.8. The highest BCUT2D eigenvalue weighted by Crippen LogP contribution is 2.31. The van der Waals surface area contributed by atoms with Crippen LogP contribution in [-0.4, -0.2) is 44.4 Å². The minimum Gasteiger partial charge on any atom is -0.492 e. The van der Waals surface area contributed by atoms with Crippen molar-refractivity contribution in [1.29, 1.82) is 0 Å². The number of nitrogens with one attached hydrogen (secondary N) is 1. The summed E-state index contributed by atoms with van der Waals surface area (Å²) in [5.41, 5.74) is 6.17. The average molecular weight is 406 g/mol. The molecular formula is C17H28ClN3O4S. The highest BCUT2D eigenvalue weighted by molar-refractivity contribution is 7.89. The Hall–Kier alpha value is -1.35. The van der Waals surface area contributed by atoms with E-state index in [0.29, 0.717) is 31.1 Å². The Morgan fingerprint density at radius 1 is 1.31 bits per heavy atom. The molecule has 148 valence electrons. The second-order valence-electron chi connectivity index (χ2n) is 6.34. The number of anilines is 1. The van der Waals surface area contributed by atoms with Gasteiger partial charge in [0.2, 0.25) is 15.9 Å². The Kier molecular flexibility index (Phi) is 8.33. The van der Waals surface area contributed by atoms with Crippen molar-refractivity contribution in [1.82, 2.24) is 4.31 Å². The van der Waals surface area contributed by atoms with Gasteiger partial charge in [0.05, 0.1) is 12.5 Å². The third-order valence-corrected chi connectivity index (χ3v) is 6.32. The van der Waals surface area contributed by atoms with Crippen molar-refractivity contribution in [3.63, 3.8) is 0 Å². The minimum absolute atomic E-state index is 0. The number of rotatable bonds is 7. The molecule has 1 aromatic rings. The molecule has 1 aromatic carbocycles. The molecule has 1 aliphatic heterocycles. The molecule has 3 N–H and O–H groups in total. The normalized spacial score (nSPS) is 17.2. The third-order valence-electron chi connectivity index (χ3n) is 4.40. The van der Waals surface area contributed by atoms with Crippen molar-refractivity contribution in [2.24, 2.45) is 11.7 Å². The maximum Gasteiger partial charge on any atom is 0.246 e. The first-order valence-electron chi connectivity index (χ1n) is 8.60. The lowest BCUT2D eigenvalue weighted by Gasteiger charge is -2.20. The van der Waals surface area contributed by atoms with Crippen LogP contribution in [0.2, 0.25) is 0 Å². The highest BCUT2D eigenvalue weighted by atomic mass is 35.5. The van der Waals surface area contributed by atoms with Gasteiger partial charge in [0.25, 0.3) is 0 Å². The SMILES string of the molecule is CCOc1ccc(NC(=O)C(C)C(C)N)cc1S(=O)(=O)N1CCCC1.Cl. The first kappa shape index (κ1) is 22.7. The number of sulfonamides is 1. The van der Waals surface area contributed by atoms with Crippen LogP contribution in [-0.2, 0) is 14.8 Å². The molecule has 1 fully saturated rings. The van der Waals surface area contributed by atoms with Gasteiger partial charge < -0.3 is 15.8 Å². The van der Waals surface area contributed by atoms with Gasteiger partial charge in [-0.05, 0) is 44.9 Å². The van der Waals surface area contributed by atoms with Gasteiger partial charge in [-0.2, -0.15) is 4.31 Å². The monoisotopic (exact) mass is 405 g/mol. The molecule has 2 rings (SSSR count). The van der Waals surface area contributed by atoms with Crippen molar-refractivity contribution in [2.45, 2.75) is 44.6 Å². The van der Waals surface area contributed by atoms with Gasteiger partial charge >= 0.3 is 0 Å². The lowest BCUT2D eigenvalue weighted by atomic mass is 10.0. The Morgan fingerprint density at radius 2 is 1.92 bits per heavy atom. The Balaban J connectivity index is 0.00000338. The van der Waals surface area contributed by atoms with Crippen molar-refractivity contribution < 1.29 is 17.9 Å². The number of amides is 1. The molecule has 0 spiro atoms. The van der Waals surface area contributed by atoms with Gasteiger partial charge in [0.1, 0.15) is 10.6 Å². The number of carbonyl (C=O) groups excluding carboxylic acids is 1. The molecule has 2 atom stereocenters. The van der Waals surface area contributed by atoms with E-state index < -0.39 is 10.0 Å². The standard InChI is InChI=1S/C17H27N3O4S.ClH/c1-4-24-15-8-7-14(19-17(21)12(2)13(3)18)11-16(15)25(22,23)20-9-5-6-10-20;/h7-8,11-13H,4-6,9-10,18H2,1-3H3,(H,19,21);1H. The van der Waals surface area contributed by atoms with Crippen LogP contribution in [0.3, 0.4) is 0 Å². The summed E-state index contributed by atoms with van der Waals surface area (Å²) in [6.45, 7) is 6.66. The van der Waals surface area contributed by atoms with Gasteiger partial charge in [0, 0.05) is 24.8 Å². The van der Waals surface area contributed by atoms with Crippen LogP contribution in [0.1, 0.15) is 33.6 Å². The lowest BCUT2D eigenvalue weighted by Crippen LogP contribution is -2.34. The fourth-order valence-corrected chi connectivity index (χ4v) is 4.30. The smallest absolute Gasteiger partial charge is 0.246 e. The summed E-state index contributed by atoms with van der Waals surface area (Å²) in [6.07, 6.45) is 1.71. The van der Waals surface area contributed by atoms with E-state index in [9.17, 15) is 13.2 Å². The molecule has 0 radical (unpaired) electrons. The topological polar surface area (TPSA) is 102 Å². The quantitative estimate of drug-likeness (QED) is 0.724. The number of benzene rings is 1. The van der Waals surface area contributed by atoms with Crippen LogP contribution in [0.5, 0.6) is 5.75 Å². The molecule has 0 aromatic heterocycles. The van der Waals surface area contributed by atoms with Gasteiger partial charge in [-0.25, -0.2) is 8.42 Å². The van der Waals surface area contributed by atoms with Gasteiger partial charge in [0.15, 0.2) is 0 Å². The van der Waals surface area contributed by atoms with Gasteiger partial charge in [-0.1, -0.05) is 6.92 Å². The zero-order chi connectivity index (χ0) is 18.6. The van der Waals surface area contributed by atoms with Crippen molar-refractivity contribution >= 4 is 34.0 Å². The molecule has 0 saturated carbocycles. The Morgan fingerprint density at radius 3 is 2.46 bits per heavy atom. The Labute approximate surface area is 161 Å². The van der Waals surface area contributed by atoms with E-state index in [0.717, 1.165) is 12.8 Å². The molecule has 2 unspecified atom stereocenters. The first-order chi connectivity index (χ1) is 11.8. The van der Waals surface area contributed by atoms with Crippen LogP contribution in [0.15, 0.2) is 23.1 Å². The van der Waals surface area contributed by atoms with Crippen molar-refractivity contribution in [2.75, 3.05) is 25.0 Å². The molecular weight excluding hydrogens is 378 g/mol. The van der Waals surface area contributed by atoms with E-state index in [2.05, 4.69) is 5.32 Å². The summed E-state index contributed by atoms with van der Waals surface area (Å²) in [5, 5.41) is 2.74. The highest BCUT2D eigenvalue weighted by Gasteiger charge is 2.30. The average Bonchev–Trinajstić information content (AvgIpc) is 3.10. The third kappa shape index (κ3) is 5.09. The van der Waals surface area contributed by atoms with Gasteiger partial charge in [-0.15, -0.1) is 12.4 Å². The molecule has 7 nitrogen and oxygen atoms in total. The largest absolute Gasteiger partial charge is 0.492 e. The summed E-state index contributed by atoms with van der Waals surface area (Å²) in [4.78, 5) is 12.3. The Bertz CT molecular complexity index is 719.